The first-order valence-electron chi connectivity index (χ1n) is 13.5. The molecule has 1 aliphatic carbocycles. The van der Waals surface area contributed by atoms with Gasteiger partial charge in [-0.05, 0) is 77.4 Å². The van der Waals surface area contributed by atoms with Crippen molar-refractivity contribution >= 4 is 32.7 Å². The van der Waals surface area contributed by atoms with Crippen LogP contribution in [-0.2, 0) is 10.0 Å². The number of anilines is 2. The molecule has 0 spiro atoms. The molecule has 0 radical (unpaired) electrons. The van der Waals surface area contributed by atoms with Crippen molar-refractivity contribution in [3.8, 4) is 11.1 Å². The Morgan fingerprint density at radius 1 is 1.07 bits per heavy atom. The van der Waals surface area contributed by atoms with Crippen LogP contribution in [0, 0.1) is 11.6 Å². The van der Waals surface area contributed by atoms with Crippen LogP contribution in [0.2, 0.25) is 0 Å². The number of pyridine rings is 1. The van der Waals surface area contributed by atoms with Crippen molar-refractivity contribution in [3.05, 3.63) is 46.4 Å². The Labute approximate surface area is 240 Å². The molecule has 2 N–H and O–H groups in total. The third-order valence-electron chi connectivity index (χ3n) is 7.31. The third kappa shape index (κ3) is 7.35. The second-order valence-electron chi connectivity index (χ2n) is 11.0. The van der Waals surface area contributed by atoms with Gasteiger partial charge in [-0.15, -0.1) is 0 Å². The minimum Gasteiger partial charge on any atom is -0.351 e. The van der Waals surface area contributed by atoms with E-state index in [-0.39, 0.29) is 17.2 Å². The maximum Gasteiger partial charge on any atom is 0.390 e. The maximum absolute atomic E-state index is 14.9. The lowest BCUT2D eigenvalue weighted by Gasteiger charge is -2.33. The average Bonchev–Trinajstić information content (AvgIpc) is 2.89. The summed E-state index contributed by atoms with van der Waals surface area (Å²) in [4.78, 5) is 24.7. The highest BCUT2D eigenvalue weighted by Crippen LogP contribution is 2.30. The molecule has 2 heterocycles. The lowest BCUT2D eigenvalue weighted by molar-refractivity contribution is -0.129. The number of aromatic nitrogens is 3. The first kappa shape index (κ1) is 31.6. The van der Waals surface area contributed by atoms with Crippen LogP contribution >= 0.6 is 0 Å². The van der Waals surface area contributed by atoms with E-state index in [4.69, 9.17) is 0 Å². The van der Waals surface area contributed by atoms with Gasteiger partial charge in [0.15, 0.2) is 11.6 Å². The van der Waals surface area contributed by atoms with Crippen molar-refractivity contribution in [1.29, 1.82) is 0 Å². The Kier molecular flexibility index (Phi) is 9.11. The second-order valence-corrected chi connectivity index (χ2v) is 12.9. The Balaban J connectivity index is 1.65. The normalized spacial score (nSPS) is 18.2. The summed E-state index contributed by atoms with van der Waals surface area (Å²) in [6.45, 7) is 3.50. The number of rotatable bonds is 9. The Hall–Kier alpha value is -3.33. The van der Waals surface area contributed by atoms with Crippen LogP contribution in [0.15, 0.2) is 29.2 Å². The topological polar surface area (TPSA) is 109 Å². The van der Waals surface area contributed by atoms with Gasteiger partial charge in [0.2, 0.25) is 16.0 Å². The first-order chi connectivity index (χ1) is 19.5. The SMILES string of the molecule is CC(C)n1c(=O)c(-c2cc(F)c(NS(=O)(=O)CCC(F)(F)F)c(F)c2)cc2cnc(N[C@H]3CC[C@H](N(C)C)CC3)nc21. The fourth-order valence-electron chi connectivity index (χ4n) is 5.08. The molecule has 0 amide bonds. The zero-order valence-corrected chi connectivity index (χ0v) is 24.4. The van der Waals surface area contributed by atoms with Gasteiger partial charge in [0.1, 0.15) is 11.3 Å². The average molecular weight is 617 g/mol. The van der Waals surface area contributed by atoms with Crippen LogP contribution in [0.5, 0.6) is 0 Å². The number of sulfonamides is 1. The van der Waals surface area contributed by atoms with Gasteiger partial charge in [0.25, 0.3) is 5.56 Å². The van der Waals surface area contributed by atoms with E-state index in [1.165, 1.54) is 21.6 Å². The molecule has 1 saturated carbocycles. The molecule has 0 saturated heterocycles. The highest BCUT2D eigenvalue weighted by atomic mass is 32.2. The molecule has 9 nitrogen and oxygen atoms in total. The third-order valence-corrected chi connectivity index (χ3v) is 8.57. The summed E-state index contributed by atoms with van der Waals surface area (Å²) in [6, 6.07) is 3.19. The van der Waals surface area contributed by atoms with Crippen LogP contribution in [0.25, 0.3) is 22.2 Å². The molecule has 0 unspecified atom stereocenters. The smallest absolute Gasteiger partial charge is 0.351 e. The molecular formula is C27H33F5N6O3S. The van der Waals surface area contributed by atoms with Crippen LogP contribution in [0.4, 0.5) is 33.6 Å². The number of fused-ring (bicyclic) bond motifs is 1. The summed E-state index contributed by atoms with van der Waals surface area (Å²) in [6.07, 6.45) is -1.02. The molecule has 0 bridgehead atoms. The van der Waals surface area contributed by atoms with Gasteiger partial charge in [-0.25, -0.2) is 22.2 Å². The molecular weight excluding hydrogens is 583 g/mol. The van der Waals surface area contributed by atoms with E-state index in [2.05, 4.69) is 34.3 Å². The van der Waals surface area contributed by atoms with Crippen LogP contribution in [0.3, 0.4) is 0 Å². The predicted molar refractivity (Wildman–Crippen MR) is 151 cm³/mol. The van der Waals surface area contributed by atoms with Crippen molar-refractivity contribution in [3.63, 3.8) is 0 Å². The number of benzene rings is 1. The lowest BCUT2D eigenvalue weighted by Crippen LogP contribution is -2.36. The maximum atomic E-state index is 14.9. The summed E-state index contributed by atoms with van der Waals surface area (Å²) in [5.41, 5.74) is -1.68. The van der Waals surface area contributed by atoms with Gasteiger partial charge in [0, 0.05) is 35.3 Å². The van der Waals surface area contributed by atoms with Crippen molar-refractivity contribution < 1.29 is 30.4 Å². The standard InChI is InChI=1S/C27H33F5N6O3S/c1-15(2)38-24-17(14-33-26(35-24)34-18-5-7-19(8-6-18)37(3)4)11-20(25(38)39)16-12-21(28)23(22(29)13-16)36-42(40,41)10-9-27(30,31)32/h11-15,18-19,36H,5-10H2,1-4H3,(H,33,34,35)/t18-,19-. The molecule has 1 fully saturated rings. The highest BCUT2D eigenvalue weighted by Gasteiger charge is 2.31. The predicted octanol–water partition coefficient (Wildman–Crippen LogP) is 5.30. The van der Waals surface area contributed by atoms with Gasteiger partial charge in [0.05, 0.1) is 12.2 Å². The lowest BCUT2D eigenvalue weighted by atomic mass is 9.91. The minimum atomic E-state index is -4.77. The molecule has 230 valence electrons. The molecule has 1 aliphatic rings. The van der Waals surface area contributed by atoms with Crippen LogP contribution < -0.4 is 15.6 Å². The van der Waals surface area contributed by atoms with Gasteiger partial charge in [-0.3, -0.25) is 14.1 Å². The summed E-state index contributed by atoms with van der Waals surface area (Å²) in [5, 5.41) is 3.78. The summed E-state index contributed by atoms with van der Waals surface area (Å²) < 4.78 is 94.1. The number of nitrogens with one attached hydrogen (secondary N) is 2. The largest absolute Gasteiger partial charge is 0.390 e. The molecule has 15 heteroatoms. The zero-order valence-electron chi connectivity index (χ0n) is 23.6. The summed E-state index contributed by atoms with van der Waals surface area (Å²) in [5.74, 6) is -3.83. The van der Waals surface area contributed by atoms with E-state index >= 15 is 0 Å². The molecule has 1 aromatic carbocycles. The van der Waals surface area contributed by atoms with E-state index < -0.39 is 57.3 Å². The van der Waals surface area contributed by atoms with Crippen molar-refractivity contribution in [1.82, 2.24) is 19.4 Å². The molecule has 2 aromatic heterocycles. The van der Waals surface area contributed by atoms with Crippen LogP contribution in [0.1, 0.15) is 52.0 Å². The number of nitrogens with zero attached hydrogens (tertiary/aromatic N) is 4. The van der Waals surface area contributed by atoms with E-state index in [0.29, 0.717) is 23.0 Å². The summed E-state index contributed by atoms with van der Waals surface area (Å²) in [7, 11) is -0.585. The minimum absolute atomic E-state index is 0.0909. The second kappa shape index (κ2) is 12.1. The monoisotopic (exact) mass is 616 g/mol. The Bertz CT molecular complexity index is 1590. The summed E-state index contributed by atoms with van der Waals surface area (Å²) >= 11 is 0. The van der Waals surface area contributed by atoms with Gasteiger partial charge in [-0.2, -0.15) is 18.2 Å². The van der Waals surface area contributed by atoms with Gasteiger partial charge >= 0.3 is 6.18 Å². The van der Waals surface area contributed by atoms with Gasteiger partial charge < -0.3 is 10.2 Å². The molecule has 4 rings (SSSR count). The molecule has 42 heavy (non-hydrogen) atoms. The molecule has 3 aromatic rings. The van der Waals surface area contributed by atoms with Crippen molar-refractivity contribution in [2.45, 2.75) is 70.3 Å². The quantitative estimate of drug-likeness (QED) is 0.314. The van der Waals surface area contributed by atoms with E-state index in [1.807, 2.05) is 0 Å². The number of halogens is 5. The fourth-order valence-corrected chi connectivity index (χ4v) is 6.19. The highest BCUT2D eigenvalue weighted by molar-refractivity contribution is 7.92. The zero-order chi connectivity index (χ0) is 31.0. The molecule has 0 atom stereocenters. The van der Waals surface area contributed by atoms with Crippen molar-refractivity contribution in [2.24, 2.45) is 0 Å². The fraction of sp³-hybridized carbons (Fsp3) is 0.519. The van der Waals surface area contributed by atoms with Crippen molar-refractivity contribution in [2.75, 3.05) is 29.9 Å². The van der Waals surface area contributed by atoms with E-state index in [9.17, 15) is 35.2 Å². The van der Waals surface area contributed by atoms with E-state index in [0.717, 1.165) is 37.8 Å². The van der Waals surface area contributed by atoms with E-state index in [1.54, 1.807) is 13.8 Å². The van der Waals surface area contributed by atoms with Gasteiger partial charge in [-0.1, -0.05) is 0 Å². The number of hydrogen-bond acceptors (Lipinski definition) is 7. The first-order valence-corrected chi connectivity index (χ1v) is 15.1. The Morgan fingerprint density at radius 2 is 1.69 bits per heavy atom. The Morgan fingerprint density at radius 3 is 2.24 bits per heavy atom. The number of alkyl halides is 3. The molecule has 0 aliphatic heterocycles. The van der Waals surface area contributed by atoms with Crippen LogP contribution in [-0.4, -0.2) is 66.0 Å². The number of hydrogen-bond donors (Lipinski definition) is 2.